The summed E-state index contributed by atoms with van der Waals surface area (Å²) in [6, 6.07) is -0.115. The summed E-state index contributed by atoms with van der Waals surface area (Å²) in [7, 11) is 0. The van der Waals surface area contributed by atoms with Crippen molar-refractivity contribution in [3.63, 3.8) is 0 Å². The fourth-order valence-electron chi connectivity index (χ4n) is 3.33. The van der Waals surface area contributed by atoms with Gasteiger partial charge in [-0.15, -0.1) is 11.6 Å². The second kappa shape index (κ2) is 8.87. The van der Waals surface area contributed by atoms with Gasteiger partial charge in [-0.25, -0.2) is 9.97 Å². The maximum atomic E-state index is 12.8. The van der Waals surface area contributed by atoms with Crippen LogP contribution in [0.25, 0.3) is 0 Å². The minimum absolute atomic E-state index is 0.0103. The Morgan fingerprint density at radius 2 is 2.00 bits per heavy atom. The van der Waals surface area contributed by atoms with E-state index in [9.17, 15) is 9.59 Å². The molecule has 2 heterocycles. The SMILES string of the molecule is CC(C)Oc1cnc(C(=O)N2C[C@@H](CC(C)(C)C)[C@H](NC(=O)CCl)C2)cn1. The molecule has 2 rings (SSSR count). The zero-order valence-electron chi connectivity index (χ0n) is 16.7. The van der Waals surface area contributed by atoms with Crippen LogP contribution in [0.2, 0.25) is 0 Å². The molecule has 27 heavy (non-hydrogen) atoms. The highest BCUT2D eigenvalue weighted by Gasteiger charge is 2.38. The fourth-order valence-corrected chi connectivity index (χ4v) is 3.41. The third kappa shape index (κ3) is 6.34. The number of rotatable bonds is 6. The Bertz CT molecular complexity index is 658. The van der Waals surface area contributed by atoms with Crippen molar-refractivity contribution < 1.29 is 14.3 Å². The number of alkyl halides is 1. The molecule has 1 N–H and O–H groups in total. The number of amides is 2. The molecule has 150 valence electrons. The average molecular weight is 397 g/mol. The number of likely N-dealkylation sites (tertiary alicyclic amines) is 1. The molecule has 1 aliphatic heterocycles. The van der Waals surface area contributed by atoms with E-state index in [1.54, 1.807) is 4.90 Å². The molecule has 8 heteroatoms. The van der Waals surface area contributed by atoms with E-state index < -0.39 is 0 Å². The van der Waals surface area contributed by atoms with Crippen LogP contribution in [-0.2, 0) is 4.79 Å². The molecule has 1 saturated heterocycles. The number of hydrogen-bond acceptors (Lipinski definition) is 5. The van der Waals surface area contributed by atoms with E-state index in [2.05, 4.69) is 36.1 Å². The van der Waals surface area contributed by atoms with Gasteiger partial charge < -0.3 is 15.0 Å². The predicted molar refractivity (Wildman–Crippen MR) is 104 cm³/mol. The highest BCUT2D eigenvalue weighted by Crippen LogP contribution is 2.31. The molecule has 1 aromatic rings. The van der Waals surface area contributed by atoms with Gasteiger partial charge in [0.1, 0.15) is 11.6 Å². The average Bonchev–Trinajstić information content (AvgIpc) is 2.94. The zero-order chi connectivity index (χ0) is 20.2. The van der Waals surface area contributed by atoms with Gasteiger partial charge in [0, 0.05) is 13.1 Å². The van der Waals surface area contributed by atoms with Crippen LogP contribution in [0.15, 0.2) is 12.4 Å². The summed E-state index contributed by atoms with van der Waals surface area (Å²) in [5.41, 5.74) is 0.355. The van der Waals surface area contributed by atoms with Crippen molar-refractivity contribution in [2.24, 2.45) is 11.3 Å². The lowest BCUT2D eigenvalue weighted by molar-refractivity contribution is -0.119. The van der Waals surface area contributed by atoms with Crippen LogP contribution in [-0.4, -0.2) is 57.8 Å². The van der Waals surface area contributed by atoms with Gasteiger partial charge in [-0.3, -0.25) is 9.59 Å². The Hall–Kier alpha value is -1.89. The molecule has 7 nitrogen and oxygen atoms in total. The Morgan fingerprint density at radius 1 is 1.30 bits per heavy atom. The number of aromatic nitrogens is 2. The number of hydrogen-bond donors (Lipinski definition) is 1. The molecule has 1 aromatic heterocycles. The first-order valence-corrected chi connectivity index (χ1v) is 9.76. The van der Waals surface area contributed by atoms with Gasteiger partial charge >= 0.3 is 0 Å². The molecule has 0 spiro atoms. The number of nitrogens with one attached hydrogen (secondary N) is 1. The number of ether oxygens (including phenoxy) is 1. The standard InChI is InChI=1S/C19H29ClN4O3/c1-12(2)27-17-9-21-14(8-22-17)18(26)24-10-13(6-19(3,4)5)15(11-24)23-16(25)7-20/h8-9,12-13,15H,6-7,10-11H2,1-5H3,(H,23,25)/t13-,15-/m1/s1. The van der Waals surface area contributed by atoms with E-state index in [1.165, 1.54) is 12.4 Å². The molecule has 2 atom stereocenters. The van der Waals surface area contributed by atoms with Crippen molar-refractivity contribution in [3.8, 4) is 5.88 Å². The summed E-state index contributed by atoms with van der Waals surface area (Å²) in [5.74, 6) is 0.0542. The molecule has 1 aliphatic rings. The molecule has 0 aliphatic carbocycles. The summed E-state index contributed by atoms with van der Waals surface area (Å²) < 4.78 is 5.46. The molecule has 0 aromatic carbocycles. The molecular formula is C19H29ClN4O3. The van der Waals surface area contributed by atoms with Gasteiger partial charge in [0.05, 0.1) is 24.5 Å². The third-order valence-corrected chi connectivity index (χ3v) is 4.52. The van der Waals surface area contributed by atoms with Crippen molar-refractivity contribution in [2.75, 3.05) is 19.0 Å². The van der Waals surface area contributed by atoms with Crippen molar-refractivity contribution in [3.05, 3.63) is 18.1 Å². The number of carbonyl (C=O) groups excluding carboxylic acids is 2. The molecule has 0 radical (unpaired) electrons. The summed E-state index contributed by atoms with van der Waals surface area (Å²) in [6.07, 6.45) is 3.77. The second-order valence-corrected chi connectivity index (χ2v) is 8.72. The third-order valence-electron chi connectivity index (χ3n) is 4.27. The van der Waals surface area contributed by atoms with Crippen molar-refractivity contribution in [1.82, 2.24) is 20.2 Å². The van der Waals surface area contributed by atoms with Crippen LogP contribution in [0.4, 0.5) is 0 Å². The van der Waals surface area contributed by atoms with Crippen molar-refractivity contribution in [1.29, 1.82) is 0 Å². The lowest BCUT2D eigenvalue weighted by Crippen LogP contribution is -2.42. The van der Waals surface area contributed by atoms with Gasteiger partial charge in [-0.05, 0) is 31.6 Å². The lowest BCUT2D eigenvalue weighted by Gasteiger charge is -2.26. The van der Waals surface area contributed by atoms with Gasteiger partial charge in [0.2, 0.25) is 11.8 Å². The Balaban J connectivity index is 2.10. The summed E-state index contributed by atoms with van der Waals surface area (Å²) in [6.45, 7) is 11.2. The Morgan fingerprint density at radius 3 is 2.52 bits per heavy atom. The molecule has 0 unspecified atom stereocenters. The molecular weight excluding hydrogens is 368 g/mol. The van der Waals surface area contributed by atoms with E-state index in [1.807, 2.05) is 13.8 Å². The minimum Gasteiger partial charge on any atom is -0.474 e. The quantitative estimate of drug-likeness (QED) is 0.747. The molecule has 0 bridgehead atoms. The second-order valence-electron chi connectivity index (χ2n) is 8.45. The summed E-state index contributed by atoms with van der Waals surface area (Å²) in [5, 5.41) is 2.95. The fraction of sp³-hybridized carbons (Fsp3) is 0.684. The topological polar surface area (TPSA) is 84.4 Å². The van der Waals surface area contributed by atoms with Crippen molar-refractivity contribution in [2.45, 2.75) is 53.2 Å². The van der Waals surface area contributed by atoms with Crippen LogP contribution in [0.1, 0.15) is 51.5 Å². The first kappa shape index (κ1) is 21.4. The van der Waals surface area contributed by atoms with Gasteiger partial charge in [0.25, 0.3) is 5.91 Å². The van der Waals surface area contributed by atoms with Gasteiger partial charge in [-0.2, -0.15) is 0 Å². The summed E-state index contributed by atoms with van der Waals surface area (Å²) in [4.78, 5) is 34.7. The van der Waals surface area contributed by atoms with E-state index in [0.29, 0.717) is 19.0 Å². The molecule has 0 saturated carbocycles. The predicted octanol–water partition coefficient (Wildman–Crippen LogP) is 2.50. The van der Waals surface area contributed by atoms with Crippen LogP contribution < -0.4 is 10.1 Å². The summed E-state index contributed by atoms with van der Waals surface area (Å²) >= 11 is 5.63. The van der Waals surface area contributed by atoms with E-state index >= 15 is 0 Å². The van der Waals surface area contributed by atoms with E-state index in [0.717, 1.165) is 6.42 Å². The number of halogens is 1. The smallest absolute Gasteiger partial charge is 0.274 e. The lowest BCUT2D eigenvalue weighted by atomic mass is 9.82. The van der Waals surface area contributed by atoms with E-state index in [-0.39, 0.29) is 46.9 Å². The van der Waals surface area contributed by atoms with Gasteiger partial charge in [-0.1, -0.05) is 20.8 Å². The number of nitrogens with zero attached hydrogens (tertiary/aromatic N) is 3. The first-order valence-electron chi connectivity index (χ1n) is 9.22. The first-order chi connectivity index (χ1) is 12.6. The normalized spacial score (nSPS) is 20.0. The van der Waals surface area contributed by atoms with Crippen LogP contribution >= 0.6 is 11.6 Å². The van der Waals surface area contributed by atoms with Gasteiger partial charge in [0.15, 0.2) is 0 Å². The number of carbonyl (C=O) groups is 2. The van der Waals surface area contributed by atoms with E-state index in [4.69, 9.17) is 16.3 Å². The van der Waals surface area contributed by atoms with Crippen LogP contribution in [0, 0.1) is 11.3 Å². The maximum Gasteiger partial charge on any atom is 0.274 e. The minimum atomic E-state index is -0.218. The Labute approximate surface area is 165 Å². The Kier molecular flexibility index (Phi) is 7.03. The van der Waals surface area contributed by atoms with Crippen LogP contribution in [0.5, 0.6) is 5.88 Å². The zero-order valence-corrected chi connectivity index (χ0v) is 17.4. The molecule has 2 amide bonds. The highest BCUT2D eigenvalue weighted by atomic mass is 35.5. The van der Waals surface area contributed by atoms with Crippen molar-refractivity contribution >= 4 is 23.4 Å². The largest absolute Gasteiger partial charge is 0.474 e. The maximum absolute atomic E-state index is 12.8. The molecule has 1 fully saturated rings. The monoisotopic (exact) mass is 396 g/mol. The van der Waals surface area contributed by atoms with Crippen LogP contribution in [0.3, 0.4) is 0 Å². The highest BCUT2D eigenvalue weighted by molar-refractivity contribution is 6.27.